The Labute approximate surface area is 149 Å². The SMILES string of the molecule is C=CCCOc1ccc(CCC2CCC(CCCCC)CC2)cc1. The summed E-state index contributed by atoms with van der Waals surface area (Å²) in [6.45, 7) is 6.75. The third-order valence-electron chi connectivity index (χ3n) is 5.54. The molecule has 2 rings (SSSR count). The fraction of sp³-hybridized carbons (Fsp3) is 0.652. The molecule has 0 spiro atoms. The number of unbranched alkanes of at least 4 members (excludes halogenated alkanes) is 2. The Morgan fingerprint density at radius 1 is 1.00 bits per heavy atom. The number of hydrogen-bond donors (Lipinski definition) is 0. The summed E-state index contributed by atoms with van der Waals surface area (Å²) in [5, 5.41) is 0. The first-order chi connectivity index (χ1) is 11.8. The zero-order valence-electron chi connectivity index (χ0n) is 15.6. The van der Waals surface area contributed by atoms with Crippen LogP contribution in [-0.4, -0.2) is 6.61 Å². The molecule has 0 saturated heterocycles. The maximum atomic E-state index is 5.68. The van der Waals surface area contributed by atoms with Crippen LogP contribution in [0.5, 0.6) is 5.75 Å². The van der Waals surface area contributed by atoms with Crippen LogP contribution >= 0.6 is 0 Å². The highest BCUT2D eigenvalue weighted by Gasteiger charge is 2.20. The molecule has 1 fully saturated rings. The normalized spacial score (nSPS) is 20.7. The van der Waals surface area contributed by atoms with Crippen molar-refractivity contribution in [3.63, 3.8) is 0 Å². The maximum Gasteiger partial charge on any atom is 0.119 e. The van der Waals surface area contributed by atoms with E-state index in [4.69, 9.17) is 4.74 Å². The topological polar surface area (TPSA) is 9.23 Å². The first kappa shape index (κ1) is 19.1. The van der Waals surface area contributed by atoms with Gasteiger partial charge in [-0.25, -0.2) is 0 Å². The molecule has 0 aromatic heterocycles. The van der Waals surface area contributed by atoms with Gasteiger partial charge in [0.1, 0.15) is 5.75 Å². The van der Waals surface area contributed by atoms with Crippen LogP contribution in [0.4, 0.5) is 0 Å². The average molecular weight is 329 g/mol. The number of ether oxygens (including phenoxy) is 1. The van der Waals surface area contributed by atoms with Crippen LogP contribution in [0.1, 0.15) is 76.7 Å². The average Bonchev–Trinajstić information content (AvgIpc) is 2.63. The molecule has 0 unspecified atom stereocenters. The largest absolute Gasteiger partial charge is 0.493 e. The van der Waals surface area contributed by atoms with Gasteiger partial charge in [0.15, 0.2) is 0 Å². The van der Waals surface area contributed by atoms with E-state index in [-0.39, 0.29) is 0 Å². The molecule has 1 aliphatic rings. The Morgan fingerprint density at radius 3 is 2.29 bits per heavy atom. The molecule has 24 heavy (non-hydrogen) atoms. The van der Waals surface area contributed by atoms with Crippen molar-refractivity contribution in [1.82, 2.24) is 0 Å². The Kier molecular flexibility index (Phi) is 9.02. The summed E-state index contributed by atoms with van der Waals surface area (Å²) in [7, 11) is 0. The molecule has 0 amide bonds. The second kappa shape index (κ2) is 11.3. The van der Waals surface area contributed by atoms with Crippen molar-refractivity contribution in [3.8, 4) is 5.75 Å². The molecule has 0 aliphatic heterocycles. The van der Waals surface area contributed by atoms with Crippen molar-refractivity contribution in [3.05, 3.63) is 42.5 Å². The van der Waals surface area contributed by atoms with Crippen molar-refractivity contribution in [2.75, 3.05) is 6.61 Å². The Morgan fingerprint density at radius 2 is 1.67 bits per heavy atom. The van der Waals surface area contributed by atoms with Crippen molar-refractivity contribution in [2.24, 2.45) is 11.8 Å². The van der Waals surface area contributed by atoms with E-state index in [1.807, 2.05) is 6.08 Å². The number of benzene rings is 1. The van der Waals surface area contributed by atoms with E-state index in [0.29, 0.717) is 0 Å². The minimum absolute atomic E-state index is 0.727. The van der Waals surface area contributed by atoms with Crippen LogP contribution in [0.25, 0.3) is 0 Å². The second-order valence-electron chi connectivity index (χ2n) is 7.49. The molecule has 1 aliphatic carbocycles. The molecular weight excluding hydrogens is 292 g/mol. The van der Waals surface area contributed by atoms with Gasteiger partial charge in [0.05, 0.1) is 6.61 Å². The van der Waals surface area contributed by atoms with E-state index in [9.17, 15) is 0 Å². The van der Waals surface area contributed by atoms with Crippen LogP contribution in [0.15, 0.2) is 36.9 Å². The zero-order chi connectivity index (χ0) is 17.0. The molecule has 0 atom stereocenters. The molecule has 1 aromatic rings. The van der Waals surface area contributed by atoms with Crippen molar-refractivity contribution < 1.29 is 4.74 Å². The third-order valence-corrected chi connectivity index (χ3v) is 5.54. The maximum absolute atomic E-state index is 5.68. The van der Waals surface area contributed by atoms with Gasteiger partial charge in [0.25, 0.3) is 0 Å². The summed E-state index contributed by atoms with van der Waals surface area (Å²) in [6.07, 6.45) is 17.0. The predicted octanol–water partition coefficient (Wildman–Crippen LogP) is 6.96. The van der Waals surface area contributed by atoms with Gasteiger partial charge in [-0.05, 0) is 48.8 Å². The van der Waals surface area contributed by atoms with E-state index in [1.165, 1.54) is 69.8 Å². The lowest BCUT2D eigenvalue weighted by molar-refractivity contribution is 0.249. The third kappa shape index (κ3) is 7.11. The summed E-state index contributed by atoms with van der Waals surface area (Å²) in [5.41, 5.74) is 1.45. The molecule has 1 aromatic carbocycles. The summed E-state index contributed by atoms with van der Waals surface area (Å²) in [4.78, 5) is 0. The molecule has 0 heterocycles. The number of aryl methyl sites for hydroxylation is 1. The molecule has 0 radical (unpaired) electrons. The van der Waals surface area contributed by atoms with E-state index in [0.717, 1.165) is 30.6 Å². The lowest BCUT2D eigenvalue weighted by Crippen LogP contribution is -2.15. The zero-order valence-corrected chi connectivity index (χ0v) is 15.6. The van der Waals surface area contributed by atoms with Gasteiger partial charge in [0, 0.05) is 0 Å². The first-order valence-corrected chi connectivity index (χ1v) is 10.1. The van der Waals surface area contributed by atoms with Gasteiger partial charge in [-0.3, -0.25) is 0 Å². The molecule has 1 heteroatoms. The molecular formula is C23H36O. The second-order valence-corrected chi connectivity index (χ2v) is 7.49. The molecule has 0 N–H and O–H groups in total. The first-order valence-electron chi connectivity index (χ1n) is 10.1. The summed E-state index contributed by atoms with van der Waals surface area (Å²) in [5.74, 6) is 2.96. The van der Waals surface area contributed by atoms with Crippen molar-refractivity contribution >= 4 is 0 Å². The van der Waals surface area contributed by atoms with Crippen molar-refractivity contribution in [2.45, 2.75) is 77.6 Å². The lowest BCUT2D eigenvalue weighted by Gasteiger charge is -2.28. The van der Waals surface area contributed by atoms with Gasteiger partial charge in [0.2, 0.25) is 0 Å². The molecule has 0 bridgehead atoms. The van der Waals surface area contributed by atoms with Gasteiger partial charge >= 0.3 is 0 Å². The van der Waals surface area contributed by atoms with Crippen LogP contribution in [0, 0.1) is 11.8 Å². The van der Waals surface area contributed by atoms with Gasteiger partial charge in [-0.2, -0.15) is 0 Å². The van der Waals surface area contributed by atoms with Crippen LogP contribution in [-0.2, 0) is 6.42 Å². The van der Waals surface area contributed by atoms with Crippen LogP contribution in [0.3, 0.4) is 0 Å². The number of hydrogen-bond acceptors (Lipinski definition) is 1. The van der Waals surface area contributed by atoms with Gasteiger partial charge in [-0.15, -0.1) is 6.58 Å². The highest BCUT2D eigenvalue weighted by molar-refractivity contribution is 5.27. The lowest BCUT2D eigenvalue weighted by atomic mass is 9.78. The van der Waals surface area contributed by atoms with E-state index in [2.05, 4.69) is 37.8 Å². The van der Waals surface area contributed by atoms with Gasteiger partial charge in [-0.1, -0.05) is 76.5 Å². The van der Waals surface area contributed by atoms with Crippen molar-refractivity contribution in [1.29, 1.82) is 0 Å². The highest BCUT2D eigenvalue weighted by Crippen LogP contribution is 2.34. The summed E-state index contributed by atoms with van der Waals surface area (Å²) >= 11 is 0. The minimum Gasteiger partial charge on any atom is -0.493 e. The Balaban J connectivity index is 1.62. The smallest absolute Gasteiger partial charge is 0.119 e. The van der Waals surface area contributed by atoms with E-state index < -0.39 is 0 Å². The van der Waals surface area contributed by atoms with Crippen LogP contribution < -0.4 is 4.74 Å². The molecule has 134 valence electrons. The van der Waals surface area contributed by atoms with Crippen LogP contribution in [0.2, 0.25) is 0 Å². The quantitative estimate of drug-likeness (QED) is 0.315. The van der Waals surface area contributed by atoms with E-state index in [1.54, 1.807) is 0 Å². The van der Waals surface area contributed by atoms with Gasteiger partial charge < -0.3 is 4.74 Å². The monoisotopic (exact) mass is 328 g/mol. The molecule has 1 saturated carbocycles. The fourth-order valence-corrected chi connectivity index (χ4v) is 3.88. The number of rotatable bonds is 11. The minimum atomic E-state index is 0.727. The standard InChI is InChI=1S/C23H36O/c1-3-5-7-8-20-9-11-21(12-10-20)13-14-22-15-17-23(18-16-22)24-19-6-4-2/h4,15-18,20-21H,2-3,5-14,19H2,1H3. The Hall–Kier alpha value is -1.24. The highest BCUT2D eigenvalue weighted by atomic mass is 16.5. The fourth-order valence-electron chi connectivity index (χ4n) is 3.88. The molecule has 1 nitrogen and oxygen atoms in total. The predicted molar refractivity (Wildman–Crippen MR) is 105 cm³/mol. The van der Waals surface area contributed by atoms with E-state index >= 15 is 0 Å². The summed E-state index contributed by atoms with van der Waals surface area (Å²) < 4.78 is 5.68. The summed E-state index contributed by atoms with van der Waals surface area (Å²) in [6, 6.07) is 8.70. The Bertz CT molecular complexity index is 440.